The molecule has 2 heterocycles. The molecule has 0 aliphatic carbocycles. The van der Waals surface area contributed by atoms with Crippen LogP contribution in [0.5, 0.6) is 5.75 Å². The number of aromatic nitrogens is 3. The molecule has 0 fully saturated rings. The number of esters is 1. The van der Waals surface area contributed by atoms with Crippen molar-refractivity contribution in [3.8, 4) is 5.75 Å². The van der Waals surface area contributed by atoms with E-state index in [0.717, 1.165) is 16.8 Å². The Hall–Kier alpha value is -2.63. The number of hydrogen-bond acceptors (Lipinski definition) is 5. The van der Waals surface area contributed by atoms with E-state index in [0.29, 0.717) is 12.4 Å². The van der Waals surface area contributed by atoms with Gasteiger partial charge in [0.1, 0.15) is 5.75 Å². The van der Waals surface area contributed by atoms with E-state index in [-0.39, 0.29) is 5.69 Å². The monoisotopic (exact) mass is 271 g/mol. The molecule has 0 aliphatic rings. The Labute approximate surface area is 115 Å². The molecular formula is C14H13N3O3. The Morgan fingerprint density at radius 3 is 2.90 bits per heavy atom. The van der Waals surface area contributed by atoms with E-state index >= 15 is 0 Å². The Kier molecular flexibility index (Phi) is 2.98. The van der Waals surface area contributed by atoms with E-state index in [1.807, 2.05) is 22.6 Å². The minimum atomic E-state index is -0.445. The summed E-state index contributed by atoms with van der Waals surface area (Å²) in [5.74, 6) is 0.741. The molecule has 3 aromatic rings. The molecule has 6 nitrogen and oxygen atoms in total. The van der Waals surface area contributed by atoms with Crippen molar-refractivity contribution in [2.24, 2.45) is 0 Å². The molecule has 0 saturated heterocycles. The quantitative estimate of drug-likeness (QED) is 0.682. The standard InChI is InChI=1S/C14H13N3O3/c1-3-20-13(18)10-6-7-17-12-5-4-9(19-2)8-11(12)16-14(17)15-10/h4-8H,3H2,1-2H3. The molecule has 6 heteroatoms. The predicted octanol–water partition coefficient (Wildman–Crippen LogP) is 2.07. The first-order valence-electron chi connectivity index (χ1n) is 6.23. The minimum Gasteiger partial charge on any atom is -0.497 e. The number of hydrogen-bond donors (Lipinski definition) is 0. The van der Waals surface area contributed by atoms with Crippen LogP contribution in [0.25, 0.3) is 16.8 Å². The van der Waals surface area contributed by atoms with Crippen LogP contribution in [0.4, 0.5) is 0 Å². The van der Waals surface area contributed by atoms with E-state index in [9.17, 15) is 4.79 Å². The second kappa shape index (κ2) is 4.80. The van der Waals surface area contributed by atoms with Crippen molar-refractivity contribution < 1.29 is 14.3 Å². The van der Waals surface area contributed by atoms with Crippen LogP contribution in [-0.4, -0.2) is 34.1 Å². The van der Waals surface area contributed by atoms with Gasteiger partial charge in [0.15, 0.2) is 5.69 Å². The van der Waals surface area contributed by atoms with Crippen LogP contribution in [0.2, 0.25) is 0 Å². The normalized spacial score (nSPS) is 10.9. The van der Waals surface area contributed by atoms with Crippen LogP contribution in [0.1, 0.15) is 17.4 Å². The van der Waals surface area contributed by atoms with Crippen LogP contribution in [-0.2, 0) is 4.74 Å². The Bertz CT molecular complexity index is 795. The predicted molar refractivity (Wildman–Crippen MR) is 73.0 cm³/mol. The maximum Gasteiger partial charge on any atom is 0.357 e. The lowest BCUT2D eigenvalue weighted by Crippen LogP contribution is -2.08. The maximum absolute atomic E-state index is 11.7. The smallest absolute Gasteiger partial charge is 0.357 e. The highest BCUT2D eigenvalue weighted by atomic mass is 16.5. The van der Waals surface area contributed by atoms with Crippen LogP contribution in [0, 0.1) is 0 Å². The van der Waals surface area contributed by atoms with Gasteiger partial charge in [-0.2, -0.15) is 0 Å². The average molecular weight is 271 g/mol. The third-order valence-electron chi connectivity index (χ3n) is 2.96. The third kappa shape index (κ3) is 1.95. The summed E-state index contributed by atoms with van der Waals surface area (Å²) in [7, 11) is 1.61. The number of imidazole rings is 1. The number of ether oxygens (including phenoxy) is 2. The van der Waals surface area contributed by atoms with Crippen LogP contribution >= 0.6 is 0 Å². The number of carbonyl (C=O) groups excluding carboxylic acids is 1. The molecule has 102 valence electrons. The van der Waals surface area contributed by atoms with Gasteiger partial charge in [-0.05, 0) is 25.1 Å². The molecule has 0 bridgehead atoms. The van der Waals surface area contributed by atoms with Crippen molar-refractivity contribution in [3.05, 3.63) is 36.2 Å². The van der Waals surface area contributed by atoms with Gasteiger partial charge in [-0.3, -0.25) is 4.40 Å². The third-order valence-corrected chi connectivity index (χ3v) is 2.96. The van der Waals surface area contributed by atoms with Gasteiger partial charge >= 0.3 is 5.97 Å². The summed E-state index contributed by atoms with van der Waals surface area (Å²) >= 11 is 0. The molecular weight excluding hydrogens is 258 g/mol. The van der Waals surface area contributed by atoms with Crippen LogP contribution in [0.3, 0.4) is 0 Å². The van der Waals surface area contributed by atoms with Crippen LogP contribution in [0.15, 0.2) is 30.5 Å². The summed E-state index contributed by atoms with van der Waals surface area (Å²) in [6, 6.07) is 7.21. The van der Waals surface area contributed by atoms with Gasteiger partial charge in [0.05, 0.1) is 24.8 Å². The van der Waals surface area contributed by atoms with E-state index in [1.54, 1.807) is 26.3 Å². The molecule has 0 radical (unpaired) electrons. The van der Waals surface area contributed by atoms with Gasteiger partial charge in [-0.25, -0.2) is 14.8 Å². The highest BCUT2D eigenvalue weighted by molar-refractivity contribution is 5.88. The number of methoxy groups -OCH3 is 1. The maximum atomic E-state index is 11.7. The Morgan fingerprint density at radius 2 is 2.15 bits per heavy atom. The summed E-state index contributed by atoms with van der Waals surface area (Å²) < 4.78 is 11.9. The molecule has 20 heavy (non-hydrogen) atoms. The molecule has 2 aromatic heterocycles. The lowest BCUT2D eigenvalue weighted by Gasteiger charge is -2.01. The molecule has 3 rings (SSSR count). The van der Waals surface area contributed by atoms with Crippen molar-refractivity contribution >= 4 is 22.8 Å². The SMILES string of the molecule is CCOC(=O)c1ccn2c(n1)nc1cc(OC)ccc12. The summed E-state index contributed by atoms with van der Waals surface area (Å²) in [6.07, 6.45) is 1.76. The van der Waals surface area contributed by atoms with E-state index in [2.05, 4.69) is 9.97 Å². The van der Waals surface area contributed by atoms with Crippen LogP contribution < -0.4 is 4.74 Å². The molecule has 0 amide bonds. The number of fused-ring (bicyclic) bond motifs is 3. The zero-order chi connectivity index (χ0) is 14.1. The van der Waals surface area contributed by atoms with E-state index in [1.165, 1.54) is 0 Å². The summed E-state index contributed by atoms with van der Waals surface area (Å²) in [4.78, 5) is 20.3. The lowest BCUT2D eigenvalue weighted by atomic mass is 10.3. The largest absolute Gasteiger partial charge is 0.497 e. The number of nitrogens with zero attached hydrogens (tertiary/aromatic N) is 3. The van der Waals surface area contributed by atoms with E-state index in [4.69, 9.17) is 9.47 Å². The van der Waals surface area contributed by atoms with Crippen molar-refractivity contribution in [2.75, 3.05) is 13.7 Å². The van der Waals surface area contributed by atoms with Crippen molar-refractivity contribution in [1.29, 1.82) is 0 Å². The first kappa shape index (κ1) is 12.4. The molecule has 0 aliphatic heterocycles. The van der Waals surface area contributed by atoms with Gasteiger partial charge < -0.3 is 9.47 Å². The molecule has 0 unspecified atom stereocenters. The number of carbonyl (C=O) groups is 1. The van der Waals surface area contributed by atoms with Crippen molar-refractivity contribution in [1.82, 2.24) is 14.4 Å². The molecule has 0 spiro atoms. The molecule has 0 N–H and O–H groups in total. The topological polar surface area (TPSA) is 65.7 Å². The first-order valence-corrected chi connectivity index (χ1v) is 6.23. The second-order valence-corrected chi connectivity index (χ2v) is 4.17. The van der Waals surface area contributed by atoms with Gasteiger partial charge in [-0.15, -0.1) is 0 Å². The van der Waals surface area contributed by atoms with Gasteiger partial charge in [-0.1, -0.05) is 0 Å². The average Bonchev–Trinajstić information content (AvgIpc) is 2.83. The molecule has 0 saturated carbocycles. The fourth-order valence-corrected chi connectivity index (χ4v) is 2.03. The highest BCUT2D eigenvalue weighted by Crippen LogP contribution is 2.21. The zero-order valence-corrected chi connectivity index (χ0v) is 11.2. The fraction of sp³-hybridized carbons (Fsp3) is 0.214. The highest BCUT2D eigenvalue weighted by Gasteiger charge is 2.12. The molecule has 0 atom stereocenters. The minimum absolute atomic E-state index is 0.252. The van der Waals surface area contributed by atoms with Gasteiger partial charge in [0, 0.05) is 12.3 Å². The zero-order valence-electron chi connectivity index (χ0n) is 11.2. The van der Waals surface area contributed by atoms with Gasteiger partial charge in [0.2, 0.25) is 5.78 Å². The molecule has 1 aromatic carbocycles. The summed E-state index contributed by atoms with van der Waals surface area (Å²) in [6.45, 7) is 2.08. The number of benzene rings is 1. The first-order chi connectivity index (χ1) is 9.72. The summed E-state index contributed by atoms with van der Waals surface area (Å²) in [5.41, 5.74) is 1.92. The Balaban J connectivity index is 2.15. The van der Waals surface area contributed by atoms with Crippen molar-refractivity contribution in [3.63, 3.8) is 0 Å². The van der Waals surface area contributed by atoms with Crippen molar-refractivity contribution in [2.45, 2.75) is 6.92 Å². The summed E-state index contributed by atoms with van der Waals surface area (Å²) in [5, 5.41) is 0. The Morgan fingerprint density at radius 1 is 1.30 bits per heavy atom. The number of rotatable bonds is 3. The van der Waals surface area contributed by atoms with Gasteiger partial charge in [0.25, 0.3) is 0 Å². The second-order valence-electron chi connectivity index (χ2n) is 4.17. The fourth-order valence-electron chi connectivity index (χ4n) is 2.03. The lowest BCUT2D eigenvalue weighted by molar-refractivity contribution is 0.0519. The van der Waals surface area contributed by atoms with E-state index < -0.39 is 5.97 Å².